The van der Waals surface area contributed by atoms with Crippen LogP contribution in [0.1, 0.15) is 10.8 Å². The second kappa shape index (κ2) is 7.80. The predicted octanol–water partition coefficient (Wildman–Crippen LogP) is 2.69. The summed E-state index contributed by atoms with van der Waals surface area (Å²) < 4.78 is 6.74. The van der Waals surface area contributed by atoms with Gasteiger partial charge in [0.25, 0.3) is 0 Å². The maximum Gasteiger partial charge on any atom is 0.242 e. The molecule has 3 aromatic rings. The minimum absolute atomic E-state index is 0.160. The molecule has 0 saturated heterocycles. The third-order valence-corrected chi connectivity index (χ3v) is 4.76. The Labute approximate surface area is 149 Å². The van der Waals surface area contributed by atoms with Gasteiger partial charge in [0.1, 0.15) is 11.0 Å². The number of nitrogens with zero attached hydrogens (tertiary/aromatic N) is 4. The lowest BCUT2D eigenvalue weighted by atomic mass is 10.1. The Balaban J connectivity index is 1.85. The minimum Gasteiger partial charge on any atom is -0.497 e. The van der Waals surface area contributed by atoms with E-state index in [-0.39, 0.29) is 5.91 Å². The van der Waals surface area contributed by atoms with Crippen molar-refractivity contribution in [3.63, 3.8) is 0 Å². The number of thioether (sulfide) groups is 1. The van der Waals surface area contributed by atoms with Gasteiger partial charge in [-0.2, -0.15) is 0 Å². The van der Waals surface area contributed by atoms with Gasteiger partial charge in [-0.1, -0.05) is 48.2 Å². The van der Waals surface area contributed by atoms with Crippen molar-refractivity contribution in [3.8, 4) is 5.75 Å². The molecule has 0 aliphatic rings. The van der Waals surface area contributed by atoms with Crippen molar-refractivity contribution in [1.82, 2.24) is 20.2 Å². The first-order chi connectivity index (χ1) is 12.2. The fourth-order valence-electron chi connectivity index (χ4n) is 2.24. The number of nitrogens with one attached hydrogen (secondary N) is 1. The molecule has 0 aliphatic carbocycles. The van der Waals surface area contributed by atoms with Crippen LogP contribution in [0.15, 0.2) is 59.8 Å². The highest BCUT2D eigenvalue weighted by Crippen LogP contribution is 2.34. The number of aromatic nitrogens is 4. The number of rotatable bonds is 6. The zero-order chi connectivity index (χ0) is 17.6. The predicted molar refractivity (Wildman–Crippen MR) is 95.5 cm³/mol. The summed E-state index contributed by atoms with van der Waals surface area (Å²) in [7, 11) is 3.33. The normalized spacial score (nSPS) is 11.8. The number of tetrazole rings is 1. The minimum atomic E-state index is -0.489. The van der Waals surface area contributed by atoms with E-state index < -0.39 is 5.25 Å². The van der Waals surface area contributed by atoms with Crippen LogP contribution in [0.2, 0.25) is 0 Å². The Morgan fingerprint density at radius 1 is 1.20 bits per heavy atom. The summed E-state index contributed by atoms with van der Waals surface area (Å²) in [6, 6.07) is 16.8. The number of benzene rings is 2. The van der Waals surface area contributed by atoms with Crippen molar-refractivity contribution >= 4 is 23.4 Å². The molecule has 0 aliphatic heterocycles. The third kappa shape index (κ3) is 4.16. The molecule has 0 bridgehead atoms. The zero-order valence-corrected chi connectivity index (χ0v) is 14.6. The first-order valence-electron chi connectivity index (χ1n) is 7.56. The second-order valence-corrected chi connectivity index (χ2v) is 6.29. The first kappa shape index (κ1) is 17.0. The van der Waals surface area contributed by atoms with Crippen molar-refractivity contribution in [2.75, 3.05) is 12.4 Å². The van der Waals surface area contributed by atoms with Gasteiger partial charge in [-0.3, -0.25) is 4.79 Å². The average Bonchev–Trinajstić information content (AvgIpc) is 3.05. The van der Waals surface area contributed by atoms with Gasteiger partial charge in [-0.05, 0) is 28.1 Å². The van der Waals surface area contributed by atoms with Crippen LogP contribution in [0.4, 0.5) is 5.69 Å². The molecule has 0 fully saturated rings. The third-order valence-electron chi connectivity index (χ3n) is 3.48. The van der Waals surface area contributed by atoms with E-state index in [9.17, 15) is 4.79 Å². The highest BCUT2D eigenvalue weighted by Gasteiger charge is 2.24. The Morgan fingerprint density at radius 3 is 2.68 bits per heavy atom. The average molecular weight is 355 g/mol. The quantitative estimate of drug-likeness (QED) is 0.685. The number of amides is 1. The van der Waals surface area contributed by atoms with Crippen LogP contribution in [-0.2, 0) is 11.8 Å². The highest BCUT2D eigenvalue weighted by molar-refractivity contribution is 8.00. The molecule has 0 spiro atoms. The van der Waals surface area contributed by atoms with Crippen LogP contribution in [0.25, 0.3) is 0 Å². The van der Waals surface area contributed by atoms with Crippen LogP contribution >= 0.6 is 11.8 Å². The lowest BCUT2D eigenvalue weighted by molar-refractivity contribution is -0.115. The molecule has 3 rings (SSSR count). The van der Waals surface area contributed by atoms with Crippen LogP contribution in [0, 0.1) is 0 Å². The van der Waals surface area contributed by atoms with Crippen molar-refractivity contribution in [1.29, 1.82) is 0 Å². The van der Waals surface area contributed by atoms with Crippen molar-refractivity contribution < 1.29 is 9.53 Å². The van der Waals surface area contributed by atoms with Crippen molar-refractivity contribution in [2.45, 2.75) is 10.4 Å². The molecule has 0 unspecified atom stereocenters. The fourth-order valence-corrected chi connectivity index (χ4v) is 3.18. The molecule has 0 saturated carbocycles. The van der Waals surface area contributed by atoms with Crippen LogP contribution in [0.3, 0.4) is 0 Å². The molecular weight excluding hydrogens is 338 g/mol. The van der Waals surface area contributed by atoms with E-state index in [0.717, 1.165) is 5.56 Å². The summed E-state index contributed by atoms with van der Waals surface area (Å²) in [6.45, 7) is 0. The second-order valence-electron chi connectivity index (χ2n) is 5.21. The molecule has 1 heterocycles. The molecule has 0 radical (unpaired) electrons. The largest absolute Gasteiger partial charge is 0.497 e. The molecule has 2 aromatic carbocycles. The molecule has 1 N–H and O–H groups in total. The van der Waals surface area contributed by atoms with Gasteiger partial charge in [0.15, 0.2) is 0 Å². The van der Waals surface area contributed by atoms with E-state index in [1.165, 1.54) is 11.8 Å². The fraction of sp³-hybridized carbons (Fsp3) is 0.176. The highest BCUT2D eigenvalue weighted by atomic mass is 32.2. The van der Waals surface area contributed by atoms with E-state index in [1.54, 1.807) is 24.9 Å². The maximum absolute atomic E-state index is 12.9. The van der Waals surface area contributed by atoms with E-state index in [1.807, 2.05) is 48.5 Å². The van der Waals surface area contributed by atoms with Gasteiger partial charge in [0.2, 0.25) is 11.1 Å². The molecular formula is C17H17N5O2S. The first-order valence-corrected chi connectivity index (χ1v) is 8.44. The van der Waals surface area contributed by atoms with E-state index >= 15 is 0 Å². The molecule has 1 amide bonds. The summed E-state index contributed by atoms with van der Waals surface area (Å²) >= 11 is 1.30. The summed E-state index contributed by atoms with van der Waals surface area (Å²) in [5, 5.41) is 14.4. The Bertz CT molecular complexity index is 853. The van der Waals surface area contributed by atoms with Crippen molar-refractivity contribution in [2.24, 2.45) is 7.05 Å². The molecule has 1 aromatic heterocycles. The summed E-state index contributed by atoms with van der Waals surface area (Å²) in [5.74, 6) is 0.520. The Kier molecular flexibility index (Phi) is 5.30. The number of hydrogen-bond acceptors (Lipinski definition) is 6. The number of aryl methyl sites for hydroxylation is 1. The summed E-state index contributed by atoms with van der Waals surface area (Å²) in [4.78, 5) is 12.9. The lowest BCUT2D eigenvalue weighted by Crippen LogP contribution is -2.19. The number of ether oxygens (including phenoxy) is 1. The van der Waals surface area contributed by atoms with Gasteiger partial charge in [-0.15, -0.1) is 5.10 Å². The lowest BCUT2D eigenvalue weighted by Gasteiger charge is -2.16. The molecule has 128 valence electrons. The number of hydrogen-bond donors (Lipinski definition) is 1. The number of anilines is 1. The Morgan fingerprint density at radius 2 is 2.00 bits per heavy atom. The maximum atomic E-state index is 12.9. The molecule has 7 nitrogen and oxygen atoms in total. The standard InChI is InChI=1S/C17H17N5O2S/c1-22-17(19-20-21-22)25-15(12-7-4-3-5-8-12)16(23)18-13-9-6-10-14(11-13)24-2/h3-11,15H,1-2H3,(H,18,23)/t15-/m1/s1. The van der Waals surface area contributed by atoms with Gasteiger partial charge < -0.3 is 10.1 Å². The van der Waals surface area contributed by atoms with Crippen LogP contribution < -0.4 is 10.1 Å². The summed E-state index contributed by atoms with van der Waals surface area (Å²) in [5.41, 5.74) is 1.54. The summed E-state index contributed by atoms with van der Waals surface area (Å²) in [6.07, 6.45) is 0. The van der Waals surface area contributed by atoms with E-state index in [0.29, 0.717) is 16.6 Å². The number of methoxy groups -OCH3 is 1. The number of carbonyl (C=O) groups is 1. The van der Waals surface area contributed by atoms with Crippen LogP contribution in [0.5, 0.6) is 5.75 Å². The number of carbonyl (C=O) groups excluding carboxylic acids is 1. The molecule has 1 atom stereocenters. The van der Waals surface area contributed by atoms with Crippen LogP contribution in [-0.4, -0.2) is 33.2 Å². The van der Waals surface area contributed by atoms with Gasteiger partial charge in [0, 0.05) is 18.8 Å². The van der Waals surface area contributed by atoms with Crippen molar-refractivity contribution in [3.05, 3.63) is 60.2 Å². The van der Waals surface area contributed by atoms with E-state index in [4.69, 9.17) is 4.74 Å². The van der Waals surface area contributed by atoms with Gasteiger partial charge >= 0.3 is 0 Å². The molecule has 25 heavy (non-hydrogen) atoms. The smallest absolute Gasteiger partial charge is 0.242 e. The zero-order valence-electron chi connectivity index (χ0n) is 13.8. The van der Waals surface area contributed by atoms with Gasteiger partial charge in [0.05, 0.1) is 7.11 Å². The molecule has 8 heteroatoms. The topological polar surface area (TPSA) is 81.9 Å². The Hall–Kier alpha value is -2.87. The van der Waals surface area contributed by atoms with E-state index in [2.05, 4.69) is 20.8 Å². The monoisotopic (exact) mass is 355 g/mol. The van der Waals surface area contributed by atoms with Gasteiger partial charge in [-0.25, -0.2) is 4.68 Å². The SMILES string of the molecule is COc1cccc(NC(=O)[C@H](Sc2nnnn2C)c2ccccc2)c1.